The molecule has 1 atom stereocenters. The predicted octanol–water partition coefficient (Wildman–Crippen LogP) is 5.17. The van der Waals surface area contributed by atoms with Crippen molar-refractivity contribution in [2.75, 3.05) is 24.7 Å². The van der Waals surface area contributed by atoms with Gasteiger partial charge in [0, 0.05) is 25.2 Å². The number of rotatable bonds is 8. The largest absolute Gasteiger partial charge is 0.299 e. The molecular formula is C27H30N2O. The fourth-order valence-electron chi connectivity index (χ4n) is 4.30. The Morgan fingerprint density at radius 1 is 0.833 bits per heavy atom. The van der Waals surface area contributed by atoms with Gasteiger partial charge in [0.15, 0.2) is 0 Å². The number of hydrogen-bond donors (Lipinski definition) is 0. The average molecular weight is 399 g/mol. The minimum atomic E-state index is 0.191. The van der Waals surface area contributed by atoms with Crippen molar-refractivity contribution in [3.05, 3.63) is 102 Å². The molecule has 1 heterocycles. The molecule has 0 aliphatic carbocycles. The lowest BCUT2D eigenvalue weighted by molar-refractivity contribution is -0.119. The molecular weight excluding hydrogens is 368 g/mol. The van der Waals surface area contributed by atoms with E-state index in [2.05, 4.69) is 47.4 Å². The number of para-hydroxylation sites is 1. The Kier molecular flexibility index (Phi) is 6.94. The molecule has 1 fully saturated rings. The molecule has 3 heteroatoms. The topological polar surface area (TPSA) is 23.6 Å². The molecule has 0 spiro atoms. The van der Waals surface area contributed by atoms with Crippen LogP contribution in [0.2, 0.25) is 0 Å². The summed E-state index contributed by atoms with van der Waals surface area (Å²) >= 11 is 0. The Balaban J connectivity index is 1.38. The highest BCUT2D eigenvalue weighted by molar-refractivity contribution is 5.93. The van der Waals surface area contributed by atoms with Crippen molar-refractivity contribution in [1.82, 2.24) is 4.90 Å². The van der Waals surface area contributed by atoms with Gasteiger partial charge in [0.25, 0.3) is 0 Å². The van der Waals surface area contributed by atoms with Gasteiger partial charge < -0.3 is 0 Å². The van der Waals surface area contributed by atoms with Gasteiger partial charge >= 0.3 is 0 Å². The van der Waals surface area contributed by atoms with Crippen LogP contribution in [0.4, 0.5) is 5.69 Å². The van der Waals surface area contributed by atoms with Crippen LogP contribution in [0.25, 0.3) is 0 Å². The Morgan fingerprint density at radius 3 is 2.10 bits per heavy atom. The third-order valence-corrected chi connectivity index (χ3v) is 5.92. The predicted molar refractivity (Wildman–Crippen MR) is 123 cm³/mol. The molecule has 3 nitrogen and oxygen atoms in total. The maximum atomic E-state index is 13.2. The molecule has 1 saturated heterocycles. The molecule has 0 unspecified atom stereocenters. The van der Waals surface area contributed by atoms with E-state index in [1.54, 1.807) is 0 Å². The van der Waals surface area contributed by atoms with Crippen LogP contribution < -0.4 is 4.90 Å². The standard InChI is InChI=1S/C27H30N2O/c30-27(17-16-23-10-4-1-5-11-23)29(26-14-8-3-9-15-26)22-28-19-18-25(21-28)20-24-12-6-2-7-13-24/h1-15,25H,16-22H2/t25-/m0/s1. The van der Waals surface area contributed by atoms with E-state index < -0.39 is 0 Å². The van der Waals surface area contributed by atoms with Crippen molar-refractivity contribution in [1.29, 1.82) is 0 Å². The number of aryl methyl sites for hydroxylation is 1. The minimum Gasteiger partial charge on any atom is -0.299 e. The number of amides is 1. The van der Waals surface area contributed by atoms with Crippen LogP contribution in [-0.2, 0) is 17.6 Å². The van der Waals surface area contributed by atoms with Gasteiger partial charge in [-0.15, -0.1) is 0 Å². The second kappa shape index (κ2) is 10.2. The second-order valence-corrected chi connectivity index (χ2v) is 8.21. The Labute approximate surface area is 180 Å². The molecule has 1 aliphatic rings. The highest BCUT2D eigenvalue weighted by atomic mass is 16.2. The summed E-state index contributed by atoms with van der Waals surface area (Å²) < 4.78 is 0. The number of likely N-dealkylation sites (tertiary alicyclic amines) is 1. The summed E-state index contributed by atoms with van der Waals surface area (Å²) in [5, 5.41) is 0. The fourth-order valence-corrected chi connectivity index (χ4v) is 4.30. The van der Waals surface area contributed by atoms with Crippen molar-refractivity contribution in [2.24, 2.45) is 5.92 Å². The molecule has 0 N–H and O–H groups in total. The van der Waals surface area contributed by atoms with E-state index in [1.165, 1.54) is 17.5 Å². The van der Waals surface area contributed by atoms with E-state index in [-0.39, 0.29) is 5.91 Å². The third-order valence-electron chi connectivity index (χ3n) is 5.92. The lowest BCUT2D eigenvalue weighted by Crippen LogP contribution is -2.41. The van der Waals surface area contributed by atoms with Crippen LogP contribution in [0.15, 0.2) is 91.0 Å². The zero-order valence-electron chi connectivity index (χ0n) is 17.5. The van der Waals surface area contributed by atoms with E-state index in [4.69, 9.17) is 0 Å². The van der Waals surface area contributed by atoms with Gasteiger partial charge in [0.2, 0.25) is 5.91 Å². The van der Waals surface area contributed by atoms with Crippen LogP contribution in [0.5, 0.6) is 0 Å². The number of anilines is 1. The molecule has 4 rings (SSSR count). The van der Waals surface area contributed by atoms with Gasteiger partial charge in [-0.05, 0) is 48.4 Å². The van der Waals surface area contributed by atoms with Gasteiger partial charge in [-0.1, -0.05) is 78.9 Å². The van der Waals surface area contributed by atoms with Gasteiger partial charge in [-0.25, -0.2) is 0 Å². The van der Waals surface area contributed by atoms with Crippen molar-refractivity contribution in [2.45, 2.75) is 25.7 Å². The SMILES string of the molecule is O=C(CCc1ccccc1)N(CN1CC[C@@H](Cc2ccccc2)C1)c1ccccc1. The Morgan fingerprint density at radius 2 is 1.43 bits per heavy atom. The maximum absolute atomic E-state index is 13.2. The molecule has 1 aliphatic heterocycles. The van der Waals surface area contributed by atoms with Crippen molar-refractivity contribution in [3.63, 3.8) is 0 Å². The molecule has 0 radical (unpaired) electrons. The third kappa shape index (κ3) is 5.58. The van der Waals surface area contributed by atoms with E-state index in [0.29, 0.717) is 19.0 Å². The summed E-state index contributed by atoms with van der Waals surface area (Å²) in [6.45, 7) is 2.76. The van der Waals surface area contributed by atoms with Crippen LogP contribution in [0, 0.1) is 5.92 Å². The van der Waals surface area contributed by atoms with E-state index in [0.717, 1.165) is 31.6 Å². The summed E-state index contributed by atoms with van der Waals surface area (Å²) in [6, 6.07) is 31.1. The molecule has 30 heavy (non-hydrogen) atoms. The van der Waals surface area contributed by atoms with E-state index in [1.807, 2.05) is 53.4 Å². The lowest BCUT2D eigenvalue weighted by atomic mass is 9.99. The van der Waals surface area contributed by atoms with Crippen LogP contribution in [0.3, 0.4) is 0 Å². The molecule has 1 amide bonds. The van der Waals surface area contributed by atoms with Crippen molar-refractivity contribution < 1.29 is 4.79 Å². The highest BCUT2D eigenvalue weighted by Crippen LogP contribution is 2.23. The first kappa shape index (κ1) is 20.4. The molecule has 3 aromatic rings. The summed E-state index contributed by atoms with van der Waals surface area (Å²) in [4.78, 5) is 17.6. The Hall–Kier alpha value is -2.91. The first-order chi connectivity index (χ1) is 14.8. The van der Waals surface area contributed by atoms with E-state index in [9.17, 15) is 4.79 Å². The maximum Gasteiger partial charge on any atom is 0.228 e. The van der Waals surface area contributed by atoms with Gasteiger partial charge in [0.05, 0.1) is 6.67 Å². The van der Waals surface area contributed by atoms with Crippen molar-refractivity contribution >= 4 is 11.6 Å². The molecule has 3 aromatic carbocycles. The summed E-state index contributed by atoms with van der Waals surface area (Å²) in [5.74, 6) is 0.848. The monoisotopic (exact) mass is 398 g/mol. The fraction of sp³-hybridized carbons (Fsp3) is 0.296. The smallest absolute Gasteiger partial charge is 0.228 e. The van der Waals surface area contributed by atoms with E-state index >= 15 is 0 Å². The summed E-state index contributed by atoms with van der Waals surface area (Å²) in [7, 11) is 0. The second-order valence-electron chi connectivity index (χ2n) is 8.21. The first-order valence-corrected chi connectivity index (χ1v) is 10.9. The first-order valence-electron chi connectivity index (χ1n) is 10.9. The van der Waals surface area contributed by atoms with Crippen LogP contribution >= 0.6 is 0 Å². The number of carbonyl (C=O) groups is 1. The van der Waals surface area contributed by atoms with Crippen LogP contribution in [0.1, 0.15) is 24.0 Å². The number of hydrogen-bond acceptors (Lipinski definition) is 2. The Bertz CT molecular complexity index is 911. The number of benzene rings is 3. The zero-order chi connectivity index (χ0) is 20.6. The molecule has 0 saturated carbocycles. The van der Waals surface area contributed by atoms with Gasteiger partial charge in [-0.3, -0.25) is 14.6 Å². The number of nitrogens with zero attached hydrogens (tertiary/aromatic N) is 2. The van der Waals surface area contributed by atoms with Crippen molar-refractivity contribution in [3.8, 4) is 0 Å². The average Bonchev–Trinajstić information content (AvgIpc) is 3.24. The number of carbonyl (C=O) groups excluding carboxylic acids is 1. The normalized spacial score (nSPS) is 16.5. The lowest BCUT2D eigenvalue weighted by Gasteiger charge is -2.28. The summed E-state index contributed by atoms with van der Waals surface area (Å²) in [6.07, 6.45) is 3.61. The summed E-state index contributed by atoms with van der Waals surface area (Å²) in [5.41, 5.74) is 3.60. The highest BCUT2D eigenvalue weighted by Gasteiger charge is 2.26. The van der Waals surface area contributed by atoms with Crippen LogP contribution in [-0.4, -0.2) is 30.6 Å². The quantitative estimate of drug-likeness (QED) is 0.522. The molecule has 0 bridgehead atoms. The zero-order valence-corrected chi connectivity index (χ0v) is 17.5. The van der Waals surface area contributed by atoms with Gasteiger partial charge in [-0.2, -0.15) is 0 Å². The molecule has 0 aromatic heterocycles. The minimum absolute atomic E-state index is 0.191. The van der Waals surface area contributed by atoms with Gasteiger partial charge in [0.1, 0.15) is 0 Å². The molecule has 154 valence electrons.